The lowest BCUT2D eigenvalue weighted by molar-refractivity contribution is -0.0554. The Morgan fingerprint density at radius 1 is 1.23 bits per heavy atom. The smallest absolute Gasteiger partial charge is 0.243 e. The van der Waals surface area contributed by atoms with Gasteiger partial charge in [0.15, 0.2) is 0 Å². The molecule has 2 bridgehead atoms. The first-order chi connectivity index (χ1) is 10.6. The number of fused-ring (bicyclic) bond motifs is 4. The van der Waals surface area contributed by atoms with Crippen LogP contribution in [0.5, 0.6) is 0 Å². The van der Waals surface area contributed by atoms with Crippen LogP contribution in [0.25, 0.3) is 0 Å². The zero-order valence-corrected chi connectivity index (χ0v) is 13.5. The summed E-state index contributed by atoms with van der Waals surface area (Å²) in [6.45, 7) is 1.67. The Labute approximate surface area is 134 Å². The Hall–Kier alpha value is -0.700. The van der Waals surface area contributed by atoms with Crippen molar-refractivity contribution in [3.05, 3.63) is 29.3 Å². The van der Waals surface area contributed by atoms with Crippen molar-refractivity contribution in [2.45, 2.75) is 29.4 Å². The van der Waals surface area contributed by atoms with Gasteiger partial charge in [-0.15, -0.1) is 0 Å². The lowest BCUT2D eigenvalue weighted by atomic mass is 9.83. The van der Waals surface area contributed by atoms with E-state index in [4.69, 9.17) is 16.3 Å². The quantitative estimate of drug-likeness (QED) is 0.822. The maximum absolute atomic E-state index is 13.1. The largest absolute Gasteiger partial charge is 0.378 e. The van der Waals surface area contributed by atoms with E-state index in [2.05, 4.69) is 10.9 Å². The monoisotopic (exact) mass is 343 g/mol. The van der Waals surface area contributed by atoms with E-state index < -0.39 is 10.0 Å². The topological polar surface area (TPSA) is 70.7 Å². The first kappa shape index (κ1) is 14.9. The minimum atomic E-state index is -3.54. The molecule has 2 N–H and O–H groups in total. The number of ether oxygens (including phenoxy) is 1. The third-order valence-electron chi connectivity index (χ3n) is 4.84. The van der Waals surface area contributed by atoms with Crippen LogP contribution in [-0.4, -0.2) is 50.6 Å². The summed E-state index contributed by atoms with van der Waals surface area (Å²) in [5.74, 6) is 0.235. The van der Waals surface area contributed by atoms with Crippen LogP contribution in [0.3, 0.4) is 0 Å². The van der Waals surface area contributed by atoms with Gasteiger partial charge in [0, 0.05) is 23.5 Å². The lowest BCUT2D eigenvalue weighted by Gasteiger charge is -2.49. The van der Waals surface area contributed by atoms with Gasteiger partial charge in [-0.25, -0.2) is 8.42 Å². The van der Waals surface area contributed by atoms with Gasteiger partial charge in [0.05, 0.1) is 30.2 Å². The molecule has 3 heterocycles. The van der Waals surface area contributed by atoms with Crippen molar-refractivity contribution < 1.29 is 13.2 Å². The van der Waals surface area contributed by atoms with Crippen LogP contribution < -0.4 is 10.9 Å². The SMILES string of the molecule is O=S(=O)(c1ccc(Cl)cc1)N1C2COCC1C1CNNC1C2. The van der Waals surface area contributed by atoms with Gasteiger partial charge in [-0.1, -0.05) is 11.6 Å². The molecule has 22 heavy (non-hydrogen) atoms. The number of hydrazine groups is 1. The van der Waals surface area contributed by atoms with E-state index >= 15 is 0 Å². The predicted molar refractivity (Wildman–Crippen MR) is 81.9 cm³/mol. The van der Waals surface area contributed by atoms with Crippen molar-refractivity contribution in [3.63, 3.8) is 0 Å². The number of benzene rings is 1. The molecule has 0 saturated carbocycles. The fraction of sp³-hybridized carbons (Fsp3) is 0.571. The lowest BCUT2D eigenvalue weighted by Crippen LogP contribution is -2.64. The Morgan fingerprint density at radius 3 is 2.77 bits per heavy atom. The zero-order valence-electron chi connectivity index (χ0n) is 11.9. The number of nitrogens with zero attached hydrogens (tertiary/aromatic N) is 1. The van der Waals surface area contributed by atoms with Gasteiger partial charge in [-0.3, -0.25) is 10.9 Å². The zero-order chi connectivity index (χ0) is 15.3. The summed E-state index contributed by atoms with van der Waals surface area (Å²) in [5.41, 5.74) is 6.41. The molecule has 1 aromatic rings. The van der Waals surface area contributed by atoms with E-state index in [9.17, 15) is 8.42 Å². The Kier molecular flexibility index (Phi) is 3.67. The summed E-state index contributed by atoms with van der Waals surface area (Å²) >= 11 is 5.87. The normalized spacial score (nSPS) is 35.3. The number of sulfonamides is 1. The third-order valence-corrected chi connectivity index (χ3v) is 7.08. The van der Waals surface area contributed by atoms with E-state index in [0.717, 1.165) is 13.0 Å². The van der Waals surface area contributed by atoms with Crippen molar-refractivity contribution in [2.24, 2.45) is 5.92 Å². The molecule has 4 unspecified atom stereocenters. The summed E-state index contributed by atoms with van der Waals surface area (Å²) < 4.78 is 33.5. The standard InChI is InChI=1S/C14H18ClN3O3S/c15-9-1-3-11(4-2-9)22(19,20)18-10-5-13-12(6-16-17-13)14(18)8-21-7-10/h1-4,10,12-14,16-17H,5-8H2. The van der Waals surface area contributed by atoms with E-state index in [1.165, 1.54) is 0 Å². The molecule has 6 nitrogen and oxygen atoms in total. The van der Waals surface area contributed by atoms with Gasteiger partial charge in [0.2, 0.25) is 10.0 Å². The van der Waals surface area contributed by atoms with Gasteiger partial charge in [0.1, 0.15) is 0 Å². The minimum absolute atomic E-state index is 0.118. The van der Waals surface area contributed by atoms with Crippen molar-refractivity contribution in [1.29, 1.82) is 0 Å². The molecule has 120 valence electrons. The number of nitrogens with one attached hydrogen (secondary N) is 2. The first-order valence-corrected chi connectivity index (χ1v) is 9.24. The molecule has 4 atom stereocenters. The number of morpholine rings is 1. The van der Waals surface area contributed by atoms with Gasteiger partial charge in [-0.2, -0.15) is 4.31 Å². The Balaban J connectivity index is 1.72. The molecule has 3 saturated heterocycles. The number of hydrogen-bond donors (Lipinski definition) is 2. The Bertz CT molecular complexity index is 666. The van der Waals surface area contributed by atoms with E-state index in [1.54, 1.807) is 28.6 Å². The molecule has 4 rings (SSSR count). The van der Waals surface area contributed by atoms with E-state index in [1.807, 2.05) is 0 Å². The van der Waals surface area contributed by atoms with Crippen LogP contribution in [0, 0.1) is 5.92 Å². The first-order valence-electron chi connectivity index (χ1n) is 7.42. The molecule has 3 aliphatic heterocycles. The van der Waals surface area contributed by atoms with Gasteiger partial charge >= 0.3 is 0 Å². The predicted octanol–water partition coefficient (Wildman–Crippen LogP) is 0.594. The third kappa shape index (κ3) is 2.28. The molecule has 0 aliphatic carbocycles. The van der Waals surface area contributed by atoms with Crippen LogP contribution in [0.15, 0.2) is 29.2 Å². The van der Waals surface area contributed by atoms with Crippen molar-refractivity contribution in [1.82, 2.24) is 15.2 Å². The molecular weight excluding hydrogens is 326 g/mol. The molecule has 0 spiro atoms. The summed E-state index contributed by atoms with van der Waals surface area (Å²) in [7, 11) is -3.54. The number of hydrogen-bond acceptors (Lipinski definition) is 5. The molecule has 3 fully saturated rings. The highest BCUT2D eigenvalue weighted by atomic mass is 35.5. The summed E-state index contributed by atoms with van der Waals surface area (Å²) in [6, 6.07) is 6.46. The maximum Gasteiger partial charge on any atom is 0.243 e. The fourth-order valence-electron chi connectivity index (χ4n) is 3.82. The molecule has 0 aromatic heterocycles. The summed E-state index contributed by atoms with van der Waals surface area (Å²) in [5, 5.41) is 0.533. The molecule has 3 aliphatic rings. The van der Waals surface area contributed by atoms with E-state index in [0.29, 0.717) is 29.2 Å². The van der Waals surface area contributed by atoms with Crippen LogP contribution in [0.1, 0.15) is 6.42 Å². The average molecular weight is 344 g/mol. The average Bonchev–Trinajstić information content (AvgIpc) is 2.95. The van der Waals surface area contributed by atoms with Crippen LogP contribution in [0.2, 0.25) is 5.02 Å². The van der Waals surface area contributed by atoms with Gasteiger partial charge in [-0.05, 0) is 30.7 Å². The highest BCUT2D eigenvalue weighted by Crippen LogP contribution is 2.37. The number of halogens is 1. The number of piperidine rings is 1. The van der Waals surface area contributed by atoms with Gasteiger partial charge < -0.3 is 4.74 Å². The molecule has 8 heteroatoms. The molecule has 0 radical (unpaired) electrons. The van der Waals surface area contributed by atoms with Gasteiger partial charge in [0.25, 0.3) is 0 Å². The second-order valence-electron chi connectivity index (χ2n) is 6.08. The van der Waals surface area contributed by atoms with Crippen LogP contribution in [-0.2, 0) is 14.8 Å². The summed E-state index contributed by atoms with van der Waals surface area (Å²) in [4.78, 5) is 0.297. The summed E-state index contributed by atoms with van der Waals surface area (Å²) in [6.07, 6.45) is 0.765. The van der Waals surface area contributed by atoms with E-state index in [-0.39, 0.29) is 18.0 Å². The minimum Gasteiger partial charge on any atom is -0.378 e. The van der Waals surface area contributed by atoms with Crippen molar-refractivity contribution in [2.75, 3.05) is 19.8 Å². The Morgan fingerprint density at radius 2 is 2.00 bits per heavy atom. The highest BCUT2D eigenvalue weighted by Gasteiger charge is 2.52. The highest BCUT2D eigenvalue weighted by molar-refractivity contribution is 7.89. The van der Waals surface area contributed by atoms with Crippen LogP contribution >= 0.6 is 11.6 Å². The maximum atomic E-state index is 13.1. The van der Waals surface area contributed by atoms with Crippen LogP contribution in [0.4, 0.5) is 0 Å². The van der Waals surface area contributed by atoms with Crippen molar-refractivity contribution in [3.8, 4) is 0 Å². The second kappa shape index (κ2) is 5.43. The molecule has 0 amide bonds. The fourth-order valence-corrected chi connectivity index (χ4v) is 5.78. The second-order valence-corrected chi connectivity index (χ2v) is 8.36. The number of rotatable bonds is 2. The molecule has 1 aromatic carbocycles. The van der Waals surface area contributed by atoms with Crippen molar-refractivity contribution >= 4 is 21.6 Å². The molecular formula is C14H18ClN3O3S.